The molecule has 0 aliphatic carbocycles. The molecule has 24 heavy (non-hydrogen) atoms. The van der Waals surface area contributed by atoms with Crippen molar-refractivity contribution in [2.24, 2.45) is 7.05 Å². The molecule has 0 aromatic carbocycles. The van der Waals surface area contributed by atoms with Crippen LogP contribution < -0.4 is 0 Å². The van der Waals surface area contributed by atoms with E-state index in [9.17, 15) is 4.79 Å². The Morgan fingerprint density at radius 1 is 1.38 bits per heavy atom. The summed E-state index contributed by atoms with van der Waals surface area (Å²) in [5, 5.41) is 8.41. The summed E-state index contributed by atoms with van der Waals surface area (Å²) in [5.74, 6) is 0.995. The van der Waals surface area contributed by atoms with E-state index in [1.165, 1.54) is 0 Å². The van der Waals surface area contributed by atoms with Crippen LogP contribution in [-0.2, 0) is 26.6 Å². The molecular weight excluding hydrogens is 308 g/mol. The number of carbonyl (C=O) groups excluding carboxylic acids is 1. The van der Waals surface area contributed by atoms with Crippen LogP contribution in [0.15, 0.2) is 29.0 Å². The number of amides is 1. The van der Waals surface area contributed by atoms with E-state index in [-0.39, 0.29) is 5.91 Å². The molecule has 0 N–H and O–H groups in total. The van der Waals surface area contributed by atoms with Gasteiger partial charge in [-0.25, -0.2) is 0 Å². The van der Waals surface area contributed by atoms with Crippen molar-refractivity contribution in [2.45, 2.75) is 26.4 Å². The molecule has 0 radical (unpaired) electrons. The lowest BCUT2D eigenvalue weighted by Crippen LogP contribution is -2.26. The summed E-state index contributed by atoms with van der Waals surface area (Å²) in [6, 6.07) is 3.52. The van der Waals surface area contributed by atoms with Gasteiger partial charge in [0.2, 0.25) is 0 Å². The lowest BCUT2D eigenvalue weighted by Gasteiger charge is -2.15. The molecule has 0 spiro atoms. The van der Waals surface area contributed by atoms with Crippen molar-refractivity contribution in [3.05, 3.63) is 47.2 Å². The average molecular weight is 324 g/mol. The average Bonchev–Trinajstić information content (AvgIpc) is 3.31. The quantitative estimate of drug-likeness (QED) is 0.726. The Labute approximate surface area is 138 Å². The Balaban J connectivity index is 1.65. The van der Waals surface area contributed by atoms with Gasteiger partial charge in [-0.3, -0.25) is 14.5 Å². The zero-order valence-corrected chi connectivity index (χ0v) is 13.4. The first-order chi connectivity index (χ1) is 11.7. The van der Waals surface area contributed by atoms with Crippen LogP contribution in [-0.4, -0.2) is 35.7 Å². The minimum absolute atomic E-state index is 0.0509. The second-order valence-electron chi connectivity index (χ2n) is 5.67. The molecule has 122 valence electrons. The van der Waals surface area contributed by atoms with Gasteiger partial charge in [-0.2, -0.15) is 10.1 Å². The van der Waals surface area contributed by atoms with Gasteiger partial charge in [-0.15, -0.1) is 0 Å². The van der Waals surface area contributed by atoms with E-state index in [1.54, 1.807) is 34.1 Å². The Kier molecular flexibility index (Phi) is 3.37. The highest BCUT2D eigenvalue weighted by Crippen LogP contribution is 2.31. The zero-order valence-electron chi connectivity index (χ0n) is 13.4. The fraction of sp³-hybridized carbons (Fsp3) is 0.312. The molecule has 1 aliphatic rings. The van der Waals surface area contributed by atoms with Gasteiger partial charge in [-0.1, -0.05) is 12.1 Å². The number of aromatic nitrogens is 5. The van der Waals surface area contributed by atoms with E-state index in [0.717, 1.165) is 11.3 Å². The second kappa shape index (κ2) is 5.55. The summed E-state index contributed by atoms with van der Waals surface area (Å²) >= 11 is 0. The van der Waals surface area contributed by atoms with Crippen LogP contribution in [0, 0.1) is 0 Å². The van der Waals surface area contributed by atoms with E-state index >= 15 is 0 Å². The summed E-state index contributed by atoms with van der Waals surface area (Å²) in [6.45, 7) is 2.93. The maximum Gasteiger partial charge on any atom is 0.278 e. The van der Waals surface area contributed by atoms with Crippen LogP contribution in [0.3, 0.4) is 0 Å². The van der Waals surface area contributed by atoms with Crippen molar-refractivity contribution in [3.8, 4) is 11.6 Å². The molecule has 0 saturated heterocycles. The lowest BCUT2D eigenvalue weighted by molar-refractivity contribution is 0.0748. The van der Waals surface area contributed by atoms with Gasteiger partial charge in [-0.05, 0) is 12.1 Å². The van der Waals surface area contributed by atoms with Crippen molar-refractivity contribution < 1.29 is 9.32 Å². The number of hydrogen-bond acceptors (Lipinski definition) is 6. The molecule has 0 unspecified atom stereocenters. The van der Waals surface area contributed by atoms with E-state index in [2.05, 4.69) is 20.2 Å². The first-order valence-corrected chi connectivity index (χ1v) is 7.74. The second-order valence-corrected chi connectivity index (χ2v) is 5.67. The Morgan fingerprint density at radius 3 is 2.96 bits per heavy atom. The number of aryl methyl sites for hydroxylation is 2. The van der Waals surface area contributed by atoms with Crippen molar-refractivity contribution in [1.29, 1.82) is 0 Å². The lowest BCUT2D eigenvalue weighted by atomic mass is 10.2. The van der Waals surface area contributed by atoms with Crippen molar-refractivity contribution >= 4 is 5.91 Å². The molecule has 3 aromatic rings. The summed E-state index contributed by atoms with van der Waals surface area (Å²) in [4.78, 5) is 22.8. The molecule has 1 amide bonds. The van der Waals surface area contributed by atoms with E-state index in [0.29, 0.717) is 42.5 Å². The molecule has 8 heteroatoms. The van der Waals surface area contributed by atoms with Crippen molar-refractivity contribution in [3.63, 3.8) is 0 Å². The topological polar surface area (TPSA) is 89.9 Å². The van der Waals surface area contributed by atoms with Gasteiger partial charge in [0.1, 0.15) is 0 Å². The molecule has 0 fully saturated rings. The molecule has 3 aromatic heterocycles. The van der Waals surface area contributed by atoms with Crippen molar-refractivity contribution in [2.75, 3.05) is 0 Å². The first kappa shape index (κ1) is 14.6. The number of hydrogen-bond donors (Lipinski definition) is 0. The number of carbonyl (C=O) groups is 1. The molecule has 0 bridgehead atoms. The van der Waals surface area contributed by atoms with Gasteiger partial charge in [0.05, 0.1) is 24.3 Å². The molecule has 8 nitrogen and oxygen atoms in total. The van der Waals surface area contributed by atoms with Crippen molar-refractivity contribution in [1.82, 2.24) is 29.8 Å². The Bertz CT molecular complexity index is 899. The minimum Gasteiger partial charge on any atom is -0.332 e. The highest BCUT2D eigenvalue weighted by molar-refractivity contribution is 5.94. The van der Waals surface area contributed by atoms with Crippen LogP contribution in [0.4, 0.5) is 0 Å². The third-order valence-corrected chi connectivity index (χ3v) is 4.15. The highest BCUT2D eigenvalue weighted by Gasteiger charge is 2.32. The monoisotopic (exact) mass is 324 g/mol. The minimum atomic E-state index is -0.0509. The van der Waals surface area contributed by atoms with Gasteiger partial charge < -0.3 is 9.42 Å². The maximum absolute atomic E-state index is 12.6. The van der Waals surface area contributed by atoms with Crippen LogP contribution in [0.25, 0.3) is 11.6 Å². The van der Waals surface area contributed by atoms with Crippen LogP contribution >= 0.6 is 0 Å². The summed E-state index contributed by atoms with van der Waals surface area (Å²) in [7, 11) is 1.86. The summed E-state index contributed by atoms with van der Waals surface area (Å²) in [6.07, 6.45) is 3.93. The summed E-state index contributed by atoms with van der Waals surface area (Å²) in [5.41, 5.74) is 3.17. The van der Waals surface area contributed by atoms with Gasteiger partial charge >= 0.3 is 0 Å². The van der Waals surface area contributed by atoms with E-state index in [4.69, 9.17) is 4.52 Å². The van der Waals surface area contributed by atoms with Gasteiger partial charge in [0, 0.05) is 31.4 Å². The number of rotatable bonds is 3. The molecule has 4 rings (SSSR count). The van der Waals surface area contributed by atoms with Crippen LogP contribution in [0.1, 0.15) is 34.4 Å². The predicted octanol–water partition coefficient (Wildman–Crippen LogP) is 1.58. The number of nitrogens with zero attached hydrogens (tertiary/aromatic N) is 6. The Hall–Kier alpha value is -3.03. The Morgan fingerprint density at radius 2 is 2.25 bits per heavy atom. The number of pyridine rings is 1. The molecule has 0 atom stereocenters. The van der Waals surface area contributed by atoms with Gasteiger partial charge in [0.25, 0.3) is 11.8 Å². The molecular formula is C16H16N6O2. The normalized spacial score (nSPS) is 13.3. The number of fused-ring (bicyclic) bond motifs is 1. The maximum atomic E-state index is 12.6. The smallest absolute Gasteiger partial charge is 0.278 e. The summed E-state index contributed by atoms with van der Waals surface area (Å²) < 4.78 is 7.08. The highest BCUT2D eigenvalue weighted by atomic mass is 16.5. The standard InChI is InChI=1S/C16H16N6O2/c1-3-13-18-15(24-20-13)14-11-8-22(9-12(11)21(2)19-14)16(23)10-5-4-6-17-7-10/h4-7H,3,8-9H2,1-2H3. The predicted molar refractivity (Wildman–Crippen MR) is 83.7 cm³/mol. The third kappa shape index (κ3) is 2.27. The largest absolute Gasteiger partial charge is 0.332 e. The third-order valence-electron chi connectivity index (χ3n) is 4.15. The fourth-order valence-electron chi connectivity index (χ4n) is 2.88. The molecule has 4 heterocycles. The van der Waals surface area contributed by atoms with Gasteiger partial charge in [0.15, 0.2) is 11.5 Å². The van der Waals surface area contributed by atoms with Crippen LogP contribution in [0.2, 0.25) is 0 Å². The molecule has 0 saturated carbocycles. The van der Waals surface area contributed by atoms with E-state index in [1.807, 2.05) is 14.0 Å². The SMILES string of the molecule is CCc1noc(-c2nn(C)c3c2CN(C(=O)c2cccnc2)C3)n1. The van der Waals surface area contributed by atoms with E-state index < -0.39 is 0 Å². The first-order valence-electron chi connectivity index (χ1n) is 7.74. The molecule has 1 aliphatic heterocycles. The van der Waals surface area contributed by atoms with Crippen LogP contribution in [0.5, 0.6) is 0 Å². The zero-order chi connectivity index (χ0) is 16.7. The fourth-order valence-corrected chi connectivity index (χ4v) is 2.88.